The van der Waals surface area contributed by atoms with Gasteiger partial charge < -0.3 is 5.11 Å². The zero-order valence-corrected chi connectivity index (χ0v) is 7.73. The topological polar surface area (TPSA) is 66.0 Å². The van der Waals surface area contributed by atoms with Crippen LogP contribution in [0.4, 0.5) is 0 Å². The van der Waals surface area contributed by atoms with Crippen molar-refractivity contribution in [1.29, 1.82) is 0 Å². The van der Waals surface area contributed by atoms with Gasteiger partial charge >= 0.3 is 0 Å². The second-order valence-corrected chi connectivity index (χ2v) is 4.28. The number of hydrogen-bond acceptors (Lipinski definition) is 3. The Hall–Kier alpha value is -1.16. The zero-order valence-electron chi connectivity index (χ0n) is 7.73. The molecule has 2 aliphatic carbocycles. The van der Waals surface area contributed by atoms with Crippen molar-refractivity contribution >= 4 is 0 Å². The first kappa shape index (κ1) is 8.17. The summed E-state index contributed by atoms with van der Waals surface area (Å²) in [6, 6.07) is 3.06. The number of aromatic nitrogens is 2. The first-order chi connectivity index (χ1) is 6.73. The van der Waals surface area contributed by atoms with Gasteiger partial charge in [0, 0.05) is 6.07 Å². The predicted octanol–water partition coefficient (Wildman–Crippen LogP) is 0.387. The normalized spacial score (nSPS) is 39.5. The third kappa shape index (κ3) is 0.865. The maximum atomic E-state index is 10.8. The average molecular weight is 192 g/mol. The molecular formula is C10H12N2O2. The maximum absolute atomic E-state index is 10.8. The summed E-state index contributed by atoms with van der Waals surface area (Å²) in [5.41, 5.74) is -0.322. The highest BCUT2D eigenvalue weighted by molar-refractivity contribution is 5.27. The van der Waals surface area contributed by atoms with E-state index in [4.69, 9.17) is 0 Å². The molecular weight excluding hydrogens is 180 g/mol. The van der Waals surface area contributed by atoms with Crippen LogP contribution in [0.3, 0.4) is 0 Å². The van der Waals surface area contributed by atoms with E-state index in [1.807, 2.05) is 0 Å². The van der Waals surface area contributed by atoms with Crippen LogP contribution >= 0.6 is 0 Å². The molecule has 1 aromatic heterocycles. The van der Waals surface area contributed by atoms with Gasteiger partial charge in [-0.2, -0.15) is 5.10 Å². The Morgan fingerprint density at radius 3 is 2.71 bits per heavy atom. The van der Waals surface area contributed by atoms with E-state index in [2.05, 4.69) is 10.2 Å². The summed E-state index contributed by atoms with van der Waals surface area (Å²) in [6.45, 7) is 0. The van der Waals surface area contributed by atoms with E-state index in [1.54, 1.807) is 6.07 Å². The molecule has 2 N–H and O–H groups in total. The summed E-state index contributed by atoms with van der Waals surface area (Å²) >= 11 is 0. The fourth-order valence-electron chi connectivity index (χ4n) is 2.87. The number of hydrogen-bond donors (Lipinski definition) is 2. The minimum absolute atomic E-state index is 0.219. The molecule has 3 rings (SSSR count). The molecule has 14 heavy (non-hydrogen) atoms. The fraction of sp³-hybridized carbons (Fsp3) is 0.600. The van der Waals surface area contributed by atoms with E-state index in [-0.39, 0.29) is 5.56 Å². The molecule has 2 fully saturated rings. The maximum Gasteiger partial charge on any atom is 0.264 e. The lowest BCUT2D eigenvalue weighted by molar-refractivity contribution is 0.0995. The standard InChI is InChI=1S/C10H12N2O2/c13-9-5-4-8(11-12-9)10(14)6-2-1-3-7(6)10/h4-7,14H,1-3H2,(H,12,13). The van der Waals surface area contributed by atoms with Crippen LogP contribution in [-0.4, -0.2) is 15.3 Å². The third-order valence-corrected chi connectivity index (χ3v) is 3.63. The van der Waals surface area contributed by atoms with Crippen molar-refractivity contribution in [3.8, 4) is 0 Å². The van der Waals surface area contributed by atoms with E-state index in [0.29, 0.717) is 17.5 Å². The van der Waals surface area contributed by atoms with Crippen molar-refractivity contribution in [2.24, 2.45) is 11.8 Å². The number of rotatable bonds is 1. The lowest BCUT2D eigenvalue weighted by Crippen LogP contribution is -2.18. The minimum Gasteiger partial charge on any atom is -0.383 e. The van der Waals surface area contributed by atoms with Gasteiger partial charge in [0.1, 0.15) is 5.60 Å². The van der Waals surface area contributed by atoms with Crippen LogP contribution in [-0.2, 0) is 5.60 Å². The van der Waals surface area contributed by atoms with E-state index >= 15 is 0 Å². The molecule has 2 aliphatic rings. The first-order valence-corrected chi connectivity index (χ1v) is 5.01. The van der Waals surface area contributed by atoms with Crippen molar-refractivity contribution < 1.29 is 5.11 Å². The number of aliphatic hydroxyl groups is 1. The number of H-pyrrole nitrogens is 1. The average Bonchev–Trinajstić information content (AvgIpc) is 2.63. The molecule has 0 aromatic carbocycles. The summed E-state index contributed by atoms with van der Waals surface area (Å²) < 4.78 is 0. The molecule has 4 nitrogen and oxygen atoms in total. The lowest BCUT2D eigenvalue weighted by atomic mass is 10.0. The van der Waals surface area contributed by atoms with Crippen molar-refractivity contribution in [2.45, 2.75) is 24.9 Å². The second kappa shape index (κ2) is 2.45. The summed E-state index contributed by atoms with van der Waals surface area (Å²) in [5.74, 6) is 0.752. The molecule has 0 spiro atoms. The summed E-state index contributed by atoms with van der Waals surface area (Å²) in [5, 5.41) is 16.6. The van der Waals surface area contributed by atoms with E-state index in [9.17, 15) is 9.90 Å². The number of aromatic amines is 1. The van der Waals surface area contributed by atoms with Crippen molar-refractivity contribution in [1.82, 2.24) is 10.2 Å². The van der Waals surface area contributed by atoms with Crippen LogP contribution in [0.15, 0.2) is 16.9 Å². The van der Waals surface area contributed by atoms with Gasteiger partial charge in [-0.05, 0) is 30.7 Å². The van der Waals surface area contributed by atoms with Crippen LogP contribution in [0, 0.1) is 11.8 Å². The Morgan fingerprint density at radius 2 is 2.14 bits per heavy atom. The quantitative estimate of drug-likeness (QED) is 0.676. The third-order valence-electron chi connectivity index (χ3n) is 3.63. The molecule has 74 valence electrons. The summed E-state index contributed by atoms with van der Waals surface area (Å²) in [4.78, 5) is 10.8. The van der Waals surface area contributed by atoms with Gasteiger partial charge in [-0.3, -0.25) is 4.79 Å². The molecule has 0 aliphatic heterocycles. The number of nitrogens with zero attached hydrogens (tertiary/aromatic N) is 1. The van der Waals surface area contributed by atoms with Gasteiger partial charge in [0.2, 0.25) is 0 Å². The van der Waals surface area contributed by atoms with Crippen molar-refractivity contribution in [2.75, 3.05) is 0 Å². The first-order valence-electron chi connectivity index (χ1n) is 5.01. The molecule has 2 unspecified atom stereocenters. The number of fused-ring (bicyclic) bond motifs is 1. The Balaban J connectivity index is 1.97. The smallest absolute Gasteiger partial charge is 0.264 e. The predicted molar refractivity (Wildman–Crippen MR) is 49.6 cm³/mol. The zero-order chi connectivity index (χ0) is 9.76. The molecule has 1 aromatic rings. The summed E-state index contributed by atoms with van der Waals surface area (Å²) in [7, 11) is 0. The molecule has 0 radical (unpaired) electrons. The van der Waals surface area contributed by atoms with E-state index in [1.165, 1.54) is 12.5 Å². The highest BCUT2D eigenvalue weighted by Crippen LogP contribution is 2.65. The minimum atomic E-state index is -0.734. The van der Waals surface area contributed by atoms with Gasteiger partial charge in [0.15, 0.2) is 0 Å². The van der Waals surface area contributed by atoms with Crippen LogP contribution in [0.5, 0.6) is 0 Å². The lowest BCUT2D eigenvalue weighted by Gasteiger charge is -2.12. The van der Waals surface area contributed by atoms with Crippen molar-refractivity contribution in [3.63, 3.8) is 0 Å². The van der Waals surface area contributed by atoms with Gasteiger partial charge in [-0.25, -0.2) is 5.10 Å². The molecule has 2 saturated carbocycles. The Labute approximate surface area is 81.0 Å². The van der Waals surface area contributed by atoms with E-state index in [0.717, 1.165) is 12.8 Å². The van der Waals surface area contributed by atoms with Gasteiger partial charge in [-0.15, -0.1) is 0 Å². The van der Waals surface area contributed by atoms with Crippen LogP contribution in [0.25, 0.3) is 0 Å². The molecule has 0 saturated heterocycles. The Bertz CT molecular complexity index is 396. The van der Waals surface area contributed by atoms with Crippen LogP contribution in [0.1, 0.15) is 25.0 Å². The molecule has 0 bridgehead atoms. The fourth-order valence-corrected chi connectivity index (χ4v) is 2.87. The van der Waals surface area contributed by atoms with Gasteiger partial charge in [-0.1, -0.05) is 6.42 Å². The Morgan fingerprint density at radius 1 is 1.43 bits per heavy atom. The van der Waals surface area contributed by atoms with Gasteiger partial charge in [0.05, 0.1) is 5.69 Å². The van der Waals surface area contributed by atoms with Crippen molar-refractivity contribution in [3.05, 3.63) is 28.2 Å². The van der Waals surface area contributed by atoms with Gasteiger partial charge in [0.25, 0.3) is 5.56 Å². The molecule has 2 atom stereocenters. The van der Waals surface area contributed by atoms with E-state index < -0.39 is 5.60 Å². The summed E-state index contributed by atoms with van der Waals surface area (Å²) in [6.07, 6.45) is 3.38. The highest BCUT2D eigenvalue weighted by atomic mass is 16.3. The highest BCUT2D eigenvalue weighted by Gasteiger charge is 2.67. The Kier molecular flexibility index (Phi) is 1.43. The van der Waals surface area contributed by atoms with Crippen LogP contribution < -0.4 is 5.56 Å². The molecule has 1 heterocycles. The SMILES string of the molecule is O=c1ccc(C2(O)C3CCCC32)n[nH]1. The largest absolute Gasteiger partial charge is 0.383 e. The monoisotopic (exact) mass is 192 g/mol. The number of nitrogens with one attached hydrogen (secondary N) is 1. The second-order valence-electron chi connectivity index (χ2n) is 4.28. The molecule has 0 amide bonds. The molecule has 4 heteroatoms. The van der Waals surface area contributed by atoms with Crippen LogP contribution in [0.2, 0.25) is 0 Å².